The molecule has 0 saturated carbocycles. The van der Waals surface area contributed by atoms with Crippen LogP contribution in [0.1, 0.15) is 47.8 Å². The first-order valence-electron chi connectivity index (χ1n) is 14.9. The molecule has 1 saturated heterocycles. The van der Waals surface area contributed by atoms with Crippen LogP contribution in [0.25, 0.3) is 0 Å². The first kappa shape index (κ1) is 35.1. The van der Waals surface area contributed by atoms with Crippen LogP contribution in [0, 0.1) is 6.92 Å². The van der Waals surface area contributed by atoms with Crippen molar-refractivity contribution in [2.75, 3.05) is 60.7 Å². The smallest absolute Gasteiger partial charge is 0.416 e. The molecule has 4 rings (SSSR count). The van der Waals surface area contributed by atoms with Crippen molar-refractivity contribution in [1.82, 2.24) is 19.8 Å². The van der Waals surface area contributed by atoms with E-state index in [0.29, 0.717) is 24.3 Å². The van der Waals surface area contributed by atoms with Crippen LogP contribution < -0.4 is 20.4 Å². The number of carboxylic acid groups (broad SMARTS) is 1. The number of urea groups is 1. The molecule has 0 radical (unpaired) electrons. The van der Waals surface area contributed by atoms with E-state index in [1.54, 1.807) is 39.8 Å². The molecule has 0 spiro atoms. The number of aryl methyl sites for hydroxylation is 1. The van der Waals surface area contributed by atoms with Crippen molar-refractivity contribution in [2.24, 2.45) is 0 Å². The summed E-state index contributed by atoms with van der Waals surface area (Å²) in [4.78, 5) is 52.6. The molecular formula is C32H39F3N8O4. The minimum atomic E-state index is -4.64. The van der Waals surface area contributed by atoms with Crippen LogP contribution in [0.15, 0.2) is 48.8 Å². The van der Waals surface area contributed by atoms with E-state index in [-0.39, 0.29) is 35.0 Å². The zero-order valence-electron chi connectivity index (χ0n) is 27.1. The summed E-state index contributed by atoms with van der Waals surface area (Å²) in [5, 5.41) is 15.1. The van der Waals surface area contributed by atoms with Crippen LogP contribution >= 0.6 is 0 Å². The molecular weight excluding hydrogens is 617 g/mol. The number of piperazine rings is 1. The molecule has 0 aliphatic carbocycles. The molecule has 3 N–H and O–H groups in total. The third-order valence-corrected chi connectivity index (χ3v) is 7.78. The maximum Gasteiger partial charge on any atom is 0.416 e. The van der Waals surface area contributed by atoms with Crippen molar-refractivity contribution in [2.45, 2.75) is 46.0 Å². The van der Waals surface area contributed by atoms with Gasteiger partial charge in [-0.1, -0.05) is 12.1 Å². The molecule has 0 unspecified atom stereocenters. The summed E-state index contributed by atoms with van der Waals surface area (Å²) >= 11 is 0. The SMILES string of the molecule is Cc1ccc(NC(=O)c2ccc(CN3CCN(C)CC3)c(C(F)(F)F)c2)cc1NC(=O)N(C)c1cc(N(C(=O)O)C(C)(C)C)ncn1. The van der Waals surface area contributed by atoms with E-state index >= 15 is 0 Å². The Morgan fingerprint density at radius 3 is 2.21 bits per heavy atom. The second-order valence-corrected chi connectivity index (χ2v) is 12.4. The van der Waals surface area contributed by atoms with E-state index in [1.807, 2.05) is 11.9 Å². The van der Waals surface area contributed by atoms with Crippen molar-refractivity contribution >= 4 is 41.0 Å². The van der Waals surface area contributed by atoms with Crippen LogP contribution in [-0.4, -0.2) is 88.7 Å². The third kappa shape index (κ3) is 8.74. The minimum Gasteiger partial charge on any atom is -0.465 e. The Bertz CT molecular complexity index is 1640. The van der Waals surface area contributed by atoms with Crippen LogP contribution in [-0.2, 0) is 12.7 Å². The lowest BCUT2D eigenvalue weighted by molar-refractivity contribution is -0.138. The number of rotatable bonds is 7. The summed E-state index contributed by atoms with van der Waals surface area (Å²) in [6, 6.07) is 9.05. The van der Waals surface area contributed by atoms with Crippen molar-refractivity contribution < 1.29 is 32.7 Å². The molecule has 12 nitrogen and oxygen atoms in total. The monoisotopic (exact) mass is 656 g/mol. The van der Waals surface area contributed by atoms with Gasteiger partial charge in [-0.2, -0.15) is 13.2 Å². The Morgan fingerprint density at radius 2 is 1.60 bits per heavy atom. The molecule has 1 aliphatic heterocycles. The van der Waals surface area contributed by atoms with E-state index in [4.69, 9.17) is 0 Å². The minimum absolute atomic E-state index is 0.0802. The van der Waals surface area contributed by atoms with Crippen LogP contribution in [0.3, 0.4) is 0 Å². The Kier molecular flexibility index (Phi) is 10.4. The fourth-order valence-electron chi connectivity index (χ4n) is 5.08. The predicted molar refractivity (Wildman–Crippen MR) is 173 cm³/mol. The summed E-state index contributed by atoms with van der Waals surface area (Å²) in [6.07, 6.45) is -4.71. The molecule has 47 heavy (non-hydrogen) atoms. The number of benzene rings is 2. The number of aromatic nitrogens is 2. The zero-order chi connectivity index (χ0) is 34.7. The maximum atomic E-state index is 14.1. The Hall–Kier alpha value is -4.76. The van der Waals surface area contributed by atoms with E-state index < -0.39 is 35.3 Å². The van der Waals surface area contributed by atoms with E-state index in [9.17, 15) is 32.7 Å². The highest BCUT2D eigenvalue weighted by Crippen LogP contribution is 2.34. The Balaban J connectivity index is 1.49. The summed E-state index contributed by atoms with van der Waals surface area (Å²) in [5.74, 6) is -0.534. The maximum absolute atomic E-state index is 14.1. The number of anilines is 4. The number of hydrogen-bond donors (Lipinski definition) is 3. The highest BCUT2D eigenvalue weighted by Gasteiger charge is 2.35. The third-order valence-electron chi connectivity index (χ3n) is 7.78. The quantitative estimate of drug-likeness (QED) is 0.293. The fourth-order valence-corrected chi connectivity index (χ4v) is 5.08. The summed E-state index contributed by atoms with van der Waals surface area (Å²) in [5.41, 5.74) is -0.504. The number of nitrogens with one attached hydrogen (secondary N) is 2. The molecule has 0 atom stereocenters. The molecule has 252 valence electrons. The van der Waals surface area contributed by atoms with Crippen LogP contribution in [0.2, 0.25) is 0 Å². The number of hydrogen-bond acceptors (Lipinski definition) is 7. The second-order valence-electron chi connectivity index (χ2n) is 12.4. The largest absolute Gasteiger partial charge is 0.465 e. The van der Waals surface area contributed by atoms with E-state index in [1.165, 1.54) is 36.2 Å². The van der Waals surface area contributed by atoms with Gasteiger partial charge >= 0.3 is 18.3 Å². The Labute approximate surface area is 271 Å². The number of nitrogens with zero attached hydrogens (tertiary/aromatic N) is 6. The molecule has 15 heteroatoms. The molecule has 1 aliphatic rings. The van der Waals surface area contributed by atoms with Crippen LogP contribution in [0.4, 0.5) is 45.8 Å². The average Bonchev–Trinajstić information content (AvgIpc) is 2.98. The number of halogens is 3. The summed E-state index contributed by atoms with van der Waals surface area (Å²) < 4.78 is 42.2. The topological polar surface area (TPSA) is 134 Å². The number of likely N-dealkylation sites (N-methyl/N-ethyl adjacent to an activating group) is 1. The molecule has 0 bridgehead atoms. The first-order valence-corrected chi connectivity index (χ1v) is 14.9. The zero-order valence-corrected chi connectivity index (χ0v) is 27.1. The van der Waals surface area contributed by atoms with Gasteiger partial charge in [0.05, 0.1) is 5.56 Å². The number of carbonyl (C=O) groups is 3. The van der Waals surface area contributed by atoms with Crippen molar-refractivity contribution in [3.63, 3.8) is 0 Å². The van der Waals surface area contributed by atoms with Gasteiger partial charge in [0.2, 0.25) is 0 Å². The number of amides is 4. The molecule has 1 fully saturated rings. The molecule has 2 heterocycles. The number of alkyl halides is 3. The number of carbonyl (C=O) groups excluding carboxylic acids is 2. The van der Waals surface area contributed by atoms with Gasteiger partial charge in [0.15, 0.2) is 0 Å². The van der Waals surface area contributed by atoms with Crippen molar-refractivity contribution in [1.29, 1.82) is 0 Å². The van der Waals surface area contributed by atoms with E-state index in [0.717, 1.165) is 30.4 Å². The fraction of sp³-hybridized carbons (Fsp3) is 0.406. The average molecular weight is 657 g/mol. The standard InChI is InChI=1S/C32H39F3N8O4/c1-20-7-10-23(16-25(20)39-29(45)41(6)26-17-27(37-19-36-26)43(30(46)47)31(2,3)4)38-28(44)21-8-9-22(24(15-21)32(33,34)35)18-42-13-11-40(5)12-14-42/h7-10,15-17,19H,11-14,18H2,1-6H3,(H,38,44)(H,39,45)(H,46,47). The van der Waals surface area contributed by atoms with Gasteiger partial charge in [-0.25, -0.2) is 19.6 Å². The second kappa shape index (κ2) is 13.9. The molecule has 1 aromatic heterocycles. The normalized spacial score (nSPS) is 14.4. The van der Waals surface area contributed by atoms with Gasteiger partial charge in [-0.15, -0.1) is 0 Å². The summed E-state index contributed by atoms with van der Waals surface area (Å²) in [7, 11) is 3.41. The van der Waals surface area contributed by atoms with Gasteiger partial charge < -0.3 is 20.6 Å². The lowest BCUT2D eigenvalue weighted by Gasteiger charge is -2.33. The van der Waals surface area contributed by atoms with Crippen LogP contribution in [0.5, 0.6) is 0 Å². The van der Waals surface area contributed by atoms with Gasteiger partial charge in [0, 0.05) is 68.3 Å². The van der Waals surface area contributed by atoms with Gasteiger partial charge in [0.1, 0.15) is 18.0 Å². The highest BCUT2D eigenvalue weighted by atomic mass is 19.4. The predicted octanol–water partition coefficient (Wildman–Crippen LogP) is 5.75. The first-order chi connectivity index (χ1) is 21.9. The van der Waals surface area contributed by atoms with Gasteiger partial charge in [-0.05, 0) is 70.1 Å². The van der Waals surface area contributed by atoms with Gasteiger partial charge in [0.25, 0.3) is 5.91 Å². The lowest BCUT2D eigenvalue weighted by Crippen LogP contribution is -2.45. The molecule has 2 aromatic carbocycles. The molecule has 4 amide bonds. The lowest BCUT2D eigenvalue weighted by atomic mass is 10.0. The van der Waals surface area contributed by atoms with Crippen molar-refractivity contribution in [3.05, 3.63) is 71.0 Å². The summed E-state index contributed by atoms with van der Waals surface area (Å²) in [6.45, 7) is 9.80. The highest BCUT2D eigenvalue weighted by molar-refractivity contribution is 6.06. The van der Waals surface area contributed by atoms with E-state index in [2.05, 4.69) is 25.5 Å². The van der Waals surface area contributed by atoms with Crippen molar-refractivity contribution in [3.8, 4) is 0 Å². The molecule has 3 aromatic rings. The van der Waals surface area contributed by atoms with Gasteiger partial charge in [-0.3, -0.25) is 19.5 Å². The Morgan fingerprint density at radius 1 is 0.936 bits per heavy atom.